The van der Waals surface area contributed by atoms with Crippen molar-refractivity contribution in [2.24, 2.45) is 0 Å². The third-order valence-electron chi connectivity index (χ3n) is 1.56. The van der Waals surface area contributed by atoms with Gasteiger partial charge in [-0.3, -0.25) is 0 Å². The summed E-state index contributed by atoms with van der Waals surface area (Å²) in [5.41, 5.74) is 0. The number of unbranched alkanes of at least 4 members (excludes halogenated alkanes) is 2. The van der Waals surface area contributed by atoms with E-state index in [1.54, 1.807) is 0 Å². The van der Waals surface area contributed by atoms with Gasteiger partial charge < -0.3 is 10.2 Å². The Morgan fingerprint density at radius 2 is 2.17 bits per heavy atom. The zero-order chi connectivity index (χ0) is 9.40. The average Bonchev–Trinajstić information content (AvgIpc) is 2.01. The minimum Gasteiger partial charge on any atom is -0.478 e. The second kappa shape index (κ2) is 6.85. The summed E-state index contributed by atoms with van der Waals surface area (Å²) in [6.07, 6.45) is 5.48. The van der Waals surface area contributed by atoms with Crippen LogP contribution in [-0.2, 0) is 4.79 Å². The Morgan fingerprint density at radius 3 is 2.67 bits per heavy atom. The lowest BCUT2D eigenvalue weighted by atomic mass is 10.1. The number of aliphatic hydroxyl groups excluding tert-OH is 1. The second-order valence-electron chi connectivity index (χ2n) is 2.76. The lowest BCUT2D eigenvalue weighted by Crippen LogP contribution is -2.02. The van der Waals surface area contributed by atoms with Gasteiger partial charge in [0.25, 0.3) is 0 Å². The zero-order valence-electron chi connectivity index (χ0n) is 7.36. The summed E-state index contributed by atoms with van der Waals surface area (Å²) >= 11 is 0. The third kappa shape index (κ3) is 7.28. The molecule has 0 spiro atoms. The molecule has 0 aromatic rings. The first kappa shape index (κ1) is 11.2. The van der Waals surface area contributed by atoms with Crippen LogP contribution < -0.4 is 0 Å². The maximum absolute atomic E-state index is 10.0. The third-order valence-corrected chi connectivity index (χ3v) is 1.56. The first-order valence-corrected chi connectivity index (χ1v) is 4.26. The van der Waals surface area contributed by atoms with Crippen LogP contribution in [0.4, 0.5) is 0 Å². The summed E-state index contributed by atoms with van der Waals surface area (Å²) in [6.45, 7) is 2.08. The highest BCUT2D eigenvalue weighted by molar-refractivity contribution is 5.79. The van der Waals surface area contributed by atoms with Gasteiger partial charge in [-0.05, 0) is 12.5 Å². The van der Waals surface area contributed by atoms with Crippen molar-refractivity contribution < 1.29 is 15.0 Å². The number of hydrogen-bond acceptors (Lipinski definition) is 2. The fraction of sp³-hybridized carbons (Fsp3) is 0.667. The summed E-state index contributed by atoms with van der Waals surface area (Å²) in [7, 11) is 0. The van der Waals surface area contributed by atoms with Crippen LogP contribution in [-0.4, -0.2) is 22.3 Å². The molecule has 3 heteroatoms. The van der Waals surface area contributed by atoms with E-state index in [4.69, 9.17) is 5.11 Å². The summed E-state index contributed by atoms with van der Waals surface area (Å²) < 4.78 is 0. The van der Waals surface area contributed by atoms with E-state index in [1.807, 2.05) is 0 Å². The SMILES string of the molecule is CCCCCC(O)C=CC(=O)O. The Balaban J connectivity index is 3.45. The van der Waals surface area contributed by atoms with E-state index < -0.39 is 12.1 Å². The van der Waals surface area contributed by atoms with Crippen molar-refractivity contribution in [3.05, 3.63) is 12.2 Å². The minimum absolute atomic E-state index is 0.604. The highest BCUT2D eigenvalue weighted by Crippen LogP contribution is 2.03. The molecule has 1 atom stereocenters. The molecule has 0 heterocycles. The number of rotatable bonds is 6. The largest absolute Gasteiger partial charge is 0.478 e. The molecule has 0 aromatic carbocycles. The molecule has 0 aromatic heterocycles. The van der Waals surface area contributed by atoms with Gasteiger partial charge in [0.1, 0.15) is 0 Å². The predicted molar refractivity (Wildman–Crippen MR) is 46.9 cm³/mol. The highest BCUT2D eigenvalue weighted by Gasteiger charge is 1.98. The zero-order valence-corrected chi connectivity index (χ0v) is 7.36. The summed E-state index contributed by atoms with van der Waals surface area (Å²) in [6, 6.07) is 0. The van der Waals surface area contributed by atoms with Gasteiger partial charge in [-0.25, -0.2) is 4.79 Å². The molecule has 2 N–H and O–H groups in total. The molecule has 0 saturated heterocycles. The van der Waals surface area contributed by atoms with E-state index in [-0.39, 0.29) is 0 Å². The first-order chi connectivity index (χ1) is 5.66. The molecule has 3 nitrogen and oxygen atoms in total. The highest BCUT2D eigenvalue weighted by atomic mass is 16.4. The van der Waals surface area contributed by atoms with Gasteiger partial charge in [0.05, 0.1) is 6.10 Å². The van der Waals surface area contributed by atoms with Gasteiger partial charge in [-0.2, -0.15) is 0 Å². The number of aliphatic hydroxyl groups is 1. The van der Waals surface area contributed by atoms with Crippen LogP contribution >= 0.6 is 0 Å². The lowest BCUT2D eigenvalue weighted by Gasteiger charge is -2.02. The molecule has 0 saturated carbocycles. The topological polar surface area (TPSA) is 57.5 Å². The minimum atomic E-state index is -1.01. The lowest BCUT2D eigenvalue weighted by molar-refractivity contribution is -0.131. The van der Waals surface area contributed by atoms with Crippen molar-refractivity contribution in [2.45, 2.75) is 38.7 Å². The molecule has 12 heavy (non-hydrogen) atoms. The van der Waals surface area contributed by atoms with Crippen LogP contribution in [0.25, 0.3) is 0 Å². The van der Waals surface area contributed by atoms with Crippen LogP contribution in [0.1, 0.15) is 32.6 Å². The Kier molecular flexibility index (Phi) is 6.38. The number of aliphatic carboxylic acids is 1. The molecule has 0 bridgehead atoms. The average molecular weight is 172 g/mol. The van der Waals surface area contributed by atoms with Crippen molar-refractivity contribution in [3.63, 3.8) is 0 Å². The number of carboxylic acid groups (broad SMARTS) is 1. The van der Waals surface area contributed by atoms with E-state index >= 15 is 0 Å². The summed E-state index contributed by atoms with van der Waals surface area (Å²) in [5, 5.41) is 17.4. The number of carbonyl (C=O) groups is 1. The van der Waals surface area contributed by atoms with Crippen LogP contribution in [0.3, 0.4) is 0 Å². The van der Waals surface area contributed by atoms with Gasteiger partial charge in [0.15, 0.2) is 0 Å². The van der Waals surface area contributed by atoms with Crippen LogP contribution in [0.15, 0.2) is 12.2 Å². The first-order valence-electron chi connectivity index (χ1n) is 4.26. The van der Waals surface area contributed by atoms with E-state index in [0.717, 1.165) is 25.3 Å². The Hall–Kier alpha value is -0.830. The van der Waals surface area contributed by atoms with Crippen molar-refractivity contribution in [1.82, 2.24) is 0 Å². The van der Waals surface area contributed by atoms with Gasteiger partial charge in [-0.1, -0.05) is 26.2 Å². The van der Waals surface area contributed by atoms with Crippen molar-refractivity contribution in [3.8, 4) is 0 Å². The van der Waals surface area contributed by atoms with Crippen molar-refractivity contribution in [2.75, 3.05) is 0 Å². The molecule has 0 aliphatic rings. The molecule has 70 valence electrons. The molecule has 0 aliphatic heterocycles. The number of hydrogen-bond donors (Lipinski definition) is 2. The van der Waals surface area contributed by atoms with E-state index in [9.17, 15) is 9.90 Å². The quantitative estimate of drug-likeness (QED) is 0.472. The standard InChI is InChI=1S/C9H16O3/c1-2-3-4-5-8(10)6-7-9(11)12/h6-8,10H,2-5H2,1H3,(H,11,12). The predicted octanol–water partition coefficient (Wildman–Crippen LogP) is 1.57. The number of carboxylic acids is 1. The molecule has 0 fully saturated rings. The molecular formula is C9H16O3. The fourth-order valence-electron chi connectivity index (χ4n) is 0.893. The van der Waals surface area contributed by atoms with Crippen LogP contribution in [0.5, 0.6) is 0 Å². The molecule has 1 unspecified atom stereocenters. The van der Waals surface area contributed by atoms with Gasteiger partial charge in [-0.15, -0.1) is 0 Å². The van der Waals surface area contributed by atoms with E-state index in [2.05, 4.69) is 6.92 Å². The molecule has 0 amide bonds. The maximum atomic E-state index is 10.0. The Morgan fingerprint density at radius 1 is 1.50 bits per heavy atom. The summed E-state index contributed by atoms with van der Waals surface area (Å²) in [5.74, 6) is -1.01. The van der Waals surface area contributed by atoms with Crippen molar-refractivity contribution >= 4 is 5.97 Å². The molecule has 0 radical (unpaired) electrons. The second-order valence-corrected chi connectivity index (χ2v) is 2.76. The Labute approximate surface area is 72.7 Å². The summed E-state index contributed by atoms with van der Waals surface area (Å²) in [4.78, 5) is 10.0. The van der Waals surface area contributed by atoms with Gasteiger partial charge >= 0.3 is 5.97 Å². The van der Waals surface area contributed by atoms with E-state index in [1.165, 1.54) is 6.08 Å². The van der Waals surface area contributed by atoms with Crippen molar-refractivity contribution in [1.29, 1.82) is 0 Å². The van der Waals surface area contributed by atoms with Crippen LogP contribution in [0.2, 0.25) is 0 Å². The molecular weight excluding hydrogens is 156 g/mol. The smallest absolute Gasteiger partial charge is 0.328 e. The molecule has 0 aliphatic carbocycles. The van der Waals surface area contributed by atoms with Crippen LogP contribution in [0, 0.1) is 0 Å². The Bertz CT molecular complexity index is 152. The van der Waals surface area contributed by atoms with Gasteiger partial charge in [0, 0.05) is 6.08 Å². The monoisotopic (exact) mass is 172 g/mol. The van der Waals surface area contributed by atoms with E-state index in [0.29, 0.717) is 6.42 Å². The fourth-order valence-corrected chi connectivity index (χ4v) is 0.893. The van der Waals surface area contributed by atoms with Gasteiger partial charge in [0.2, 0.25) is 0 Å². The normalized spacial score (nSPS) is 13.5. The maximum Gasteiger partial charge on any atom is 0.328 e. The molecule has 0 rings (SSSR count).